The largest absolute Gasteiger partial charge is 0.387 e. The first-order valence-corrected chi connectivity index (χ1v) is 8.05. The van der Waals surface area contributed by atoms with Gasteiger partial charge in [0.1, 0.15) is 5.82 Å². The lowest BCUT2D eigenvalue weighted by Crippen LogP contribution is -2.37. The van der Waals surface area contributed by atoms with Crippen molar-refractivity contribution in [2.45, 2.75) is 6.10 Å². The Labute approximate surface area is 149 Å². The molecule has 132 valence electrons. The molecular weight excluding hydrogens is 335 g/mol. The molecule has 3 aromatic rings. The Kier molecular flexibility index (Phi) is 5.24. The molecule has 26 heavy (non-hydrogen) atoms. The van der Waals surface area contributed by atoms with Gasteiger partial charge in [0.15, 0.2) is 0 Å². The summed E-state index contributed by atoms with van der Waals surface area (Å²) in [5.41, 5.74) is 0.975. The van der Waals surface area contributed by atoms with Gasteiger partial charge in [-0.25, -0.2) is 4.39 Å². The third-order valence-electron chi connectivity index (χ3n) is 3.95. The van der Waals surface area contributed by atoms with Crippen LogP contribution in [0.3, 0.4) is 0 Å². The number of hydrogen-bond acceptors (Lipinski definition) is 3. The second-order valence-electron chi connectivity index (χ2n) is 5.76. The number of halogens is 1. The minimum absolute atomic E-state index is 0.107. The number of benzene rings is 3. The number of amides is 2. The van der Waals surface area contributed by atoms with Crippen molar-refractivity contribution in [3.8, 4) is 0 Å². The Morgan fingerprint density at radius 1 is 0.923 bits per heavy atom. The van der Waals surface area contributed by atoms with E-state index in [1.807, 2.05) is 36.4 Å². The van der Waals surface area contributed by atoms with Crippen LogP contribution in [0.5, 0.6) is 0 Å². The van der Waals surface area contributed by atoms with Crippen molar-refractivity contribution in [1.29, 1.82) is 0 Å². The maximum atomic E-state index is 12.8. The predicted molar refractivity (Wildman–Crippen MR) is 96.9 cm³/mol. The van der Waals surface area contributed by atoms with Crippen molar-refractivity contribution in [2.24, 2.45) is 0 Å². The molecule has 0 radical (unpaired) electrons. The summed E-state index contributed by atoms with van der Waals surface area (Å²) in [6.45, 7) is -0.107. The molecule has 0 aromatic heterocycles. The third kappa shape index (κ3) is 4.04. The second kappa shape index (κ2) is 7.76. The number of hydrogen-bond donors (Lipinski definition) is 3. The van der Waals surface area contributed by atoms with Crippen molar-refractivity contribution < 1.29 is 19.1 Å². The Bertz CT molecular complexity index is 936. The highest BCUT2D eigenvalue weighted by Crippen LogP contribution is 2.23. The molecule has 0 bridgehead atoms. The maximum Gasteiger partial charge on any atom is 0.313 e. The summed E-state index contributed by atoms with van der Waals surface area (Å²) in [5.74, 6) is -2.21. The van der Waals surface area contributed by atoms with Crippen LogP contribution in [0.2, 0.25) is 0 Å². The molecule has 1 unspecified atom stereocenters. The number of carbonyl (C=O) groups excluding carboxylic acids is 2. The van der Waals surface area contributed by atoms with Gasteiger partial charge in [-0.15, -0.1) is 0 Å². The Hall–Kier alpha value is -3.25. The molecule has 3 N–H and O–H groups in total. The van der Waals surface area contributed by atoms with Gasteiger partial charge in [0, 0.05) is 12.2 Å². The summed E-state index contributed by atoms with van der Waals surface area (Å²) in [7, 11) is 0. The van der Waals surface area contributed by atoms with Crippen LogP contribution in [0.15, 0.2) is 66.7 Å². The lowest BCUT2D eigenvalue weighted by molar-refractivity contribution is -0.136. The highest BCUT2D eigenvalue weighted by molar-refractivity contribution is 6.39. The first-order chi connectivity index (χ1) is 12.5. The Morgan fingerprint density at radius 2 is 1.62 bits per heavy atom. The van der Waals surface area contributed by atoms with E-state index in [1.165, 1.54) is 24.3 Å². The topological polar surface area (TPSA) is 78.4 Å². The quantitative estimate of drug-likeness (QED) is 0.632. The molecule has 1 atom stereocenters. The highest BCUT2D eigenvalue weighted by atomic mass is 19.1. The zero-order chi connectivity index (χ0) is 18.5. The van der Waals surface area contributed by atoms with E-state index in [1.54, 1.807) is 6.07 Å². The van der Waals surface area contributed by atoms with Crippen LogP contribution in [0.4, 0.5) is 10.1 Å². The SMILES string of the molecule is O=C(NCC(O)c1cccc2ccccc12)C(=O)Nc1ccc(F)cc1. The number of rotatable bonds is 4. The summed E-state index contributed by atoms with van der Waals surface area (Å²) in [6.07, 6.45) is -0.955. The number of aliphatic hydroxyl groups excluding tert-OH is 1. The van der Waals surface area contributed by atoms with Crippen LogP contribution in [0.25, 0.3) is 10.8 Å². The monoisotopic (exact) mass is 352 g/mol. The fraction of sp³-hybridized carbons (Fsp3) is 0.100. The van der Waals surface area contributed by atoms with Gasteiger partial charge in [-0.05, 0) is 40.6 Å². The van der Waals surface area contributed by atoms with E-state index < -0.39 is 23.7 Å². The van der Waals surface area contributed by atoms with Crippen LogP contribution in [0.1, 0.15) is 11.7 Å². The van der Waals surface area contributed by atoms with E-state index >= 15 is 0 Å². The Balaban J connectivity index is 1.61. The van der Waals surface area contributed by atoms with Crippen LogP contribution in [-0.2, 0) is 9.59 Å². The van der Waals surface area contributed by atoms with Crippen molar-refractivity contribution in [2.75, 3.05) is 11.9 Å². The predicted octanol–water partition coefficient (Wildman–Crippen LogP) is 2.77. The van der Waals surface area contributed by atoms with Crippen LogP contribution >= 0.6 is 0 Å². The van der Waals surface area contributed by atoms with Gasteiger partial charge >= 0.3 is 11.8 Å². The van der Waals surface area contributed by atoms with Crippen LogP contribution in [-0.4, -0.2) is 23.5 Å². The average Bonchev–Trinajstić information content (AvgIpc) is 2.67. The van der Waals surface area contributed by atoms with Crippen molar-refractivity contribution >= 4 is 28.3 Å². The molecule has 0 aliphatic rings. The number of aliphatic hydroxyl groups is 1. The molecule has 0 saturated carbocycles. The van der Waals surface area contributed by atoms with Gasteiger partial charge in [-0.3, -0.25) is 9.59 Å². The van der Waals surface area contributed by atoms with E-state index in [0.29, 0.717) is 11.3 Å². The first kappa shape index (κ1) is 17.6. The summed E-state index contributed by atoms with van der Waals surface area (Å²) < 4.78 is 12.8. The summed E-state index contributed by atoms with van der Waals surface area (Å²) in [4.78, 5) is 23.8. The number of fused-ring (bicyclic) bond motifs is 1. The zero-order valence-electron chi connectivity index (χ0n) is 13.8. The van der Waals surface area contributed by atoms with Gasteiger partial charge in [0.05, 0.1) is 6.10 Å². The molecule has 0 fully saturated rings. The van der Waals surface area contributed by atoms with Crippen LogP contribution < -0.4 is 10.6 Å². The van der Waals surface area contributed by atoms with E-state index in [9.17, 15) is 19.1 Å². The molecule has 6 heteroatoms. The number of nitrogens with one attached hydrogen (secondary N) is 2. The molecule has 5 nitrogen and oxygen atoms in total. The molecule has 0 aliphatic heterocycles. The summed E-state index contributed by atoms with van der Waals surface area (Å²) in [5, 5.41) is 17.0. The Morgan fingerprint density at radius 3 is 2.38 bits per heavy atom. The molecule has 0 saturated heterocycles. The summed E-state index contributed by atoms with van der Waals surface area (Å²) >= 11 is 0. The number of anilines is 1. The standard InChI is InChI=1S/C20H17FN2O3/c21-14-8-10-15(11-9-14)23-20(26)19(25)22-12-18(24)17-7-3-5-13-4-1-2-6-16(13)17/h1-11,18,24H,12H2,(H,22,25)(H,23,26). The van der Waals surface area contributed by atoms with Gasteiger partial charge in [0.25, 0.3) is 0 Å². The second-order valence-corrected chi connectivity index (χ2v) is 5.76. The fourth-order valence-electron chi connectivity index (χ4n) is 2.64. The number of carbonyl (C=O) groups is 2. The molecule has 0 spiro atoms. The molecule has 0 aliphatic carbocycles. The molecule has 3 aromatic carbocycles. The van der Waals surface area contributed by atoms with Crippen molar-refractivity contribution in [3.63, 3.8) is 0 Å². The molecule has 0 heterocycles. The van der Waals surface area contributed by atoms with Crippen LogP contribution in [0, 0.1) is 5.82 Å². The minimum atomic E-state index is -0.955. The fourth-order valence-corrected chi connectivity index (χ4v) is 2.64. The van der Waals surface area contributed by atoms with Gasteiger partial charge in [-0.2, -0.15) is 0 Å². The summed E-state index contributed by atoms with van der Waals surface area (Å²) in [6, 6.07) is 18.2. The van der Waals surface area contributed by atoms with Crippen molar-refractivity contribution in [3.05, 3.63) is 78.1 Å². The van der Waals surface area contributed by atoms with Gasteiger partial charge in [-0.1, -0.05) is 42.5 Å². The smallest absolute Gasteiger partial charge is 0.313 e. The normalized spacial score (nSPS) is 11.8. The van der Waals surface area contributed by atoms with E-state index in [4.69, 9.17) is 0 Å². The molecule has 2 amide bonds. The third-order valence-corrected chi connectivity index (χ3v) is 3.95. The van der Waals surface area contributed by atoms with E-state index in [-0.39, 0.29) is 6.54 Å². The lowest BCUT2D eigenvalue weighted by Gasteiger charge is -2.14. The highest BCUT2D eigenvalue weighted by Gasteiger charge is 2.17. The first-order valence-electron chi connectivity index (χ1n) is 8.05. The minimum Gasteiger partial charge on any atom is -0.387 e. The molecule has 3 rings (SSSR count). The van der Waals surface area contributed by atoms with E-state index in [2.05, 4.69) is 10.6 Å². The van der Waals surface area contributed by atoms with Gasteiger partial charge < -0.3 is 15.7 Å². The van der Waals surface area contributed by atoms with E-state index in [0.717, 1.165) is 10.8 Å². The zero-order valence-corrected chi connectivity index (χ0v) is 13.8. The lowest BCUT2D eigenvalue weighted by atomic mass is 10.0. The maximum absolute atomic E-state index is 12.8. The van der Waals surface area contributed by atoms with Crippen molar-refractivity contribution in [1.82, 2.24) is 5.32 Å². The van der Waals surface area contributed by atoms with Gasteiger partial charge in [0.2, 0.25) is 0 Å². The average molecular weight is 352 g/mol. The molecular formula is C20H17FN2O3.